The molecule has 3 aliphatic heterocycles. The van der Waals surface area contributed by atoms with Crippen molar-refractivity contribution < 1.29 is 36.2 Å². The SMILES string of the molecule is COC1COCCC1CCCC1CCN(C(=O)c2nc(C(F)F)nc(N3CCc4ccc(C(F)(F)F)cc4C3)c2C)CC1. The van der Waals surface area contributed by atoms with Crippen LogP contribution < -0.4 is 4.90 Å². The van der Waals surface area contributed by atoms with Gasteiger partial charge in [-0.25, -0.2) is 18.7 Å². The van der Waals surface area contributed by atoms with Crippen LogP contribution in [0.15, 0.2) is 18.2 Å². The fourth-order valence-electron chi connectivity index (χ4n) is 6.64. The van der Waals surface area contributed by atoms with E-state index in [1.807, 2.05) is 0 Å². The Bertz CT molecular complexity index is 1280. The van der Waals surface area contributed by atoms with Crippen LogP contribution in [-0.4, -0.2) is 66.8 Å². The predicted molar refractivity (Wildman–Crippen MR) is 150 cm³/mol. The maximum atomic E-state index is 13.9. The van der Waals surface area contributed by atoms with E-state index in [1.165, 1.54) is 6.07 Å². The van der Waals surface area contributed by atoms with E-state index in [0.717, 1.165) is 62.8 Å². The largest absolute Gasteiger partial charge is 0.416 e. The van der Waals surface area contributed by atoms with Crippen molar-refractivity contribution in [2.24, 2.45) is 11.8 Å². The highest BCUT2D eigenvalue weighted by Crippen LogP contribution is 2.35. The van der Waals surface area contributed by atoms with Gasteiger partial charge in [-0.2, -0.15) is 13.2 Å². The van der Waals surface area contributed by atoms with Crippen molar-refractivity contribution in [2.75, 3.05) is 44.9 Å². The summed E-state index contributed by atoms with van der Waals surface area (Å²) in [5.41, 5.74) is 0.760. The van der Waals surface area contributed by atoms with E-state index in [0.29, 0.717) is 55.6 Å². The molecule has 0 spiro atoms. The molecule has 0 N–H and O–H groups in total. The second-order valence-corrected chi connectivity index (χ2v) is 11.9. The zero-order valence-electron chi connectivity index (χ0n) is 24.6. The Morgan fingerprint density at radius 2 is 1.86 bits per heavy atom. The molecule has 1 amide bonds. The summed E-state index contributed by atoms with van der Waals surface area (Å²) in [4.78, 5) is 25.0. The lowest BCUT2D eigenvalue weighted by Crippen LogP contribution is -2.40. The third-order valence-corrected chi connectivity index (χ3v) is 9.21. The van der Waals surface area contributed by atoms with Crippen LogP contribution in [0.5, 0.6) is 0 Å². The highest BCUT2D eigenvalue weighted by atomic mass is 19.4. The molecule has 0 saturated carbocycles. The Morgan fingerprint density at radius 3 is 2.56 bits per heavy atom. The summed E-state index contributed by atoms with van der Waals surface area (Å²) in [5.74, 6) is -0.0216. The lowest BCUT2D eigenvalue weighted by atomic mass is 9.86. The van der Waals surface area contributed by atoms with Gasteiger partial charge in [-0.15, -0.1) is 0 Å². The number of nitrogens with zero attached hydrogens (tertiary/aromatic N) is 4. The summed E-state index contributed by atoms with van der Waals surface area (Å²) in [5, 5.41) is 0. The molecular formula is C31H39F5N4O3. The lowest BCUT2D eigenvalue weighted by molar-refractivity contribution is -0.137. The van der Waals surface area contributed by atoms with Crippen LogP contribution in [-0.2, 0) is 28.6 Å². The molecule has 2 saturated heterocycles. The molecule has 12 heteroatoms. The van der Waals surface area contributed by atoms with Crippen LogP contribution in [0.3, 0.4) is 0 Å². The highest BCUT2D eigenvalue weighted by Gasteiger charge is 2.34. The number of carbonyl (C=O) groups is 1. The molecular weight excluding hydrogens is 571 g/mol. The summed E-state index contributed by atoms with van der Waals surface area (Å²) in [6.07, 6.45) is -1.03. The second kappa shape index (κ2) is 13.4. The minimum absolute atomic E-state index is 0.0673. The smallest absolute Gasteiger partial charge is 0.379 e. The van der Waals surface area contributed by atoms with Crippen LogP contribution in [0.2, 0.25) is 0 Å². The van der Waals surface area contributed by atoms with E-state index in [9.17, 15) is 26.7 Å². The third-order valence-electron chi connectivity index (χ3n) is 9.21. The van der Waals surface area contributed by atoms with Crippen LogP contribution in [0, 0.1) is 18.8 Å². The molecule has 0 aliphatic carbocycles. The maximum absolute atomic E-state index is 13.9. The molecule has 7 nitrogen and oxygen atoms in total. The molecule has 2 atom stereocenters. The molecule has 1 aromatic heterocycles. The van der Waals surface area contributed by atoms with Crippen LogP contribution in [0.1, 0.15) is 83.5 Å². The van der Waals surface area contributed by atoms with Crippen molar-refractivity contribution in [3.63, 3.8) is 0 Å². The first-order chi connectivity index (χ1) is 20.5. The third kappa shape index (κ3) is 7.28. The van der Waals surface area contributed by atoms with Gasteiger partial charge in [0.25, 0.3) is 12.3 Å². The fourth-order valence-corrected chi connectivity index (χ4v) is 6.64. The van der Waals surface area contributed by atoms with Crippen molar-refractivity contribution in [2.45, 2.75) is 77.1 Å². The molecule has 2 aromatic rings. The Balaban J connectivity index is 1.25. The number of hydrogen-bond acceptors (Lipinski definition) is 6. The Hall–Kier alpha value is -2.86. The van der Waals surface area contributed by atoms with Gasteiger partial charge in [0.1, 0.15) is 11.5 Å². The molecule has 1 aromatic carbocycles. The van der Waals surface area contributed by atoms with E-state index >= 15 is 0 Å². The fraction of sp³-hybridized carbons (Fsp3) is 0.645. The van der Waals surface area contributed by atoms with Gasteiger partial charge in [0.05, 0.1) is 18.3 Å². The number of anilines is 1. The van der Waals surface area contributed by atoms with Crippen molar-refractivity contribution in [3.8, 4) is 0 Å². The van der Waals surface area contributed by atoms with Gasteiger partial charge in [0, 0.05) is 45.5 Å². The second-order valence-electron chi connectivity index (χ2n) is 11.9. The van der Waals surface area contributed by atoms with Crippen molar-refractivity contribution in [1.82, 2.24) is 14.9 Å². The number of halogens is 5. The summed E-state index contributed by atoms with van der Waals surface area (Å²) >= 11 is 0. The molecule has 2 unspecified atom stereocenters. The van der Waals surface area contributed by atoms with Gasteiger partial charge in [-0.1, -0.05) is 18.9 Å². The van der Waals surface area contributed by atoms with Gasteiger partial charge >= 0.3 is 6.18 Å². The molecule has 2 fully saturated rings. The van der Waals surface area contributed by atoms with E-state index in [4.69, 9.17) is 9.47 Å². The van der Waals surface area contributed by atoms with Gasteiger partial charge in [-0.05, 0) is 74.1 Å². The van der Waals surface area contributed by atoms with E-state index in [1.54, 1.807) is 23.8 Å². The first-order valence-electron chi connectivity index (χ1n) is 15.1. The van der Waals surface area contributed by atoms with E-state index in [-0.39, 0.29) is 24.2 Å². The summed E-state index contributed by atoms with van der Waals surface area (Å²) in [7, 11) is 1.73. The predicted octanol–water partition coefficient (Wildman–Crippen LogP) is 6.38. The molecule has 43 heavy (non-hydrogen) atoms. The number of alkyl halides is 5. The molecule has 4 heterocycles. The Labute approximate surface area is 248 Å². The highest BCUT2D eigenvalue weighted by molar-refractivity contribution is 5.95. The van der Waals surface area contributed by atoms with E-state index in [2.05, 4.69) is 9.97 Å². The molecule has 0 radical (unpaired) electrons. The van der Waals surface area contributed by atoms with Crippen LogP contribution >= 0.6 is 0 Å². The van der Waals surface area contributed by atoms with Crippen LogP contribution in [0.4, 0.5) is 27.8 Å². The van der Waals surface area contributed by atoms with Gasteiger partial charge in [0.15, 0.2) is 5.82 Å². The zero-order chi connectivity index (χ0) is 30.7. The number of likely N-dealkylation sites (tertiary alicyclic amines) is 1. The molecule has 5 rings (SSSR count). The number of ether oxygens (including phenoxy) is 2. The van der Waals surface area contributed by atoms with Crippen molar-refractivity contribution in [3.05, 3.63) is 52.0 Å². The van der Waals surface area contributed by atoms with Crippen LogP contribution in [0.25, 0.3) is 0 Å². The summed E-state index contributed by atoms with van der Waals surface area (Å²) < 4.78 is 78.9. The minimum Gasteiger partial charge on any atom is -0.379 e. The number of methoxy groups -OCH3 is 1. The normalized spacial score (nSPS) is 21.8. The first-order valence-corrected chi connectivity index (χ1v) is 15.1. The monoisotopic (exact) mass is 610 g/mol. The van der Waals surface area contributed by atoms with Gasteiger partial charge < -0.3 is 19.3 Å². The maximum Gasteiger partial charge on any atom is 0.416 e. The number of fused-ring (bicyclic) bond motifs is 1. The standard InChI is InChI=1S/C31H39F5N4O3/c1-19-26(30(41)39-12-8-20(9-13-39)4-3-5-22-11-15-43-18-25(22)42-2)37-28(27(32)33)38-29(19)40-14-10-21-6-7-24(31(34,35)36)16-23(21)17-40/h6-7,16,20,22,25,27H,3-5,8-15,17-18H2,1-2H3. The van der Waals surface area contributed by atoms with E-state index < -0.39 is 29.9 Å². The average molecular weight is 611 g/mol. The quantitative estimate of drug-likeness (QED) is 0.324. The number of hydrogen-bond donors (Lipinski definition) is 0. The number of aromatic nitrogens is 2. The van der Waals surface area contributed by atoms with Gasteiger partial charge in [0.2, 0.25) is 0 Å². The number of amides is 1. The summed E-state index contributed by atoms with van der Waals surface area (Å²) in [6, 6.07) is 3.62. The zero-order valence-corrected chi connectivity index (χ0v) is 24.6. The number of benzene rings is 1. The molecule has 3 aliphatic rings. The topological polar surface area (TPSA) is 67.8 Å². The number of rotatable bonds is 8. The first kappa shape index (κ1) is 31.6. The summed E-state index contributed by atoms with van der Waals surface area (Å²) in [6.45, 7) is 4.50. The number of carbonyl (C=O) groups excluding carboxylic acids is 1. The van der Waals surface area contributed by atoms with Gasteiger partial charge in [-0.3, -0.25) is 4.79 Å². The minimum atomic E-state index is -4.49. The lowest BCUT2D eigenvalue weighted by Gasteiger charge is -2.34. The van der Waals surface area contributed by atoms with Crippen molar-refractivity contribution in [1.29, 1.82) is 0 Å². The Morgan fingerprint density at radius 1 is 1.09 bits per heavy atom. The number of piperidine rings is 1. The molecule has 236 valence electrons. The Kier molecular flexibility index (Phi) is 9.85. The van der Waals surface area contributed by atoms with Crippen molar-refractivity contribution >= 4 is 11.7 Å². The molecule has 0 bridgehead atoms. The average Bonchev–Trinajstić information content (AvgIpc) is 3.00.